The molecule has 3 rings (SSSR count). The van der Waals surface area contributed by atoms with Gasteiger partial charge in [0, 0.05) is 30.4 Å². The van der Waals surface area contributed by atoms with Gasteiger partial charge in [-0.3, -0.25) is 9.59 Å². The van der Waals surface area contributed by atoms with Gasteiger partial charge in [0.2, 0.25) is 5.91 Å². The van der Waals surface area contributed by atoms with Gasteiger partial charge in [-0.1, -0.05) is 17.7 Å². The summed E-state index contributed by atoms with van der Waals surface area (Å²) in [6.45, 7) is 1.99. The van der Waals surface area contributed by atoms with Crippen LogP contribution < -0.4 is 5.32 Å². The van der Waals surface area contributed by atoms with Gasteiger partial charge in [0.05, 0.1) is 0 Å². The van der Waals surface area contributed by atoms with Crippen LogP contribution >= 0.6 is 0 Å². The SMILES string of the molecule is Cc1ccc2c(c1)C(=O)CC2CC(=O)NC1CC1. The topological polar surface area (TPSA) is 46.2 Å². The monoisotopic (exact) mass is 243 g/mol. The van der Waals surface area contributed by atoms with E-state index in [9.17, 15) is 9.59 Å². The van der Waals surface area contributed by atoms with Crippen LogP contribution in [0.2, 0.25) is 0 Å². The molecule has 0 spiro atoms. The van der Waals surface area contributed by atoms with E-state index in [-0.39, 0.29) is 17.6 Å². The highest BCUT2D eigenvalue weighted by Gasteiger charge is 2.32. The number of benzene rings is 1. The lowest BCUT2D eigenvalue weighted by Gasteiger charge is -2.10. The predicted molar refractivity (Wildman–Crippen MR) is 68.6 cm³/mol. The lowest BCUT2D eigenvalue weighted by Crippen LogP contribution is -2.26. The Hall–Kier alpha value is -1.64. The van der Waals surface area contributed by atoms with Crippen molar-refractivity contribution in [3.8, 4) is 0 Å². The summed E-state index contributed by atoms with van der Waals surface area (Å²) in [5, 5.41) is 2.99. The number of carbonyl (C=O) groups excluding carboxylic acids is 2. The first-order valence-corrected chi connectivity index (χ1v) is 6.56. The van der Waals surface area contributed by atoms with Crippen LogP contribution in [0, 0.1) is 6.92 Å². The lowest BCUT2D eigenvalue weighted by atomic mass is 9.96. The first kappa shape index (κ1) is 11.5. The van der Waals surface area contributed by atoms with Crippen LogP contribution in [0.5, 0.6) is 0 Å². The molecule has 0 saturated heterocycles. The molecular weight excluding hydrogens is 226 g/mol. The standard InChI is InChI=1S/C15H17NO2/c1-9-2-5-12-10(7-14(17)13(12)6-9)8-15(18)16-11-3-4-11/h2,5-6,10-11H,3-4,7-8H2,1H3,(H,16,18). The molecule has 1 saturated carbocycles. The first-order valence-electron chi connectivity index (χ1n) is 6.56. The molecule has 1 atom stereocenters. The van der Waals surface area contributed by atoms with Crippen LogP contribution in [0.15, 0.2) is 18.2 Å². The van der Waals surface area contributed by atoms with Gasteiger partial charge in [-0.2, -0.15) is 0 Å². The fourth-order valence-corrected chi connectivity index (χ4v) is 2.63. The van der Waals surface area contributed by atoms with Crippen LogP contribution in [0.4, 0.5) is 0 Å². The van der Waals surface area contributed by atoms with E-state index in [1.165, 1.54) is 0 Å². The van der Waals surface area contributed by atoms with E-state index in [1.807, 2.05) is 25.1 Å². The van der Waals surface area contributed by atoms with E-state index in [2.05, 4.69) is 5.32 Å². The van der Waals surface area contributed by atoms with E-state index in [0.29, 0.717) is 18.9 Å². The van der Waals surface area contributed by atoms with Crippen LogP contribution in [0.1, 0.15) is 53.1 Å². The minimum Gasteiger partial charge on any atom is -0.353 e. The summed E-state index contributed by atoms with van der Waals surface area (Å²) in [4.78, 5) is 23.7. The van der Waals surface area contributed by atoms with Crippen molar-refractivity contribution < 1.29 is 9.59 Å². The van der Waals surface area contributed by atoms with Crippen LogP contribution in [0.3, 0.4) is 0 Å². The summed E-state index contributed by atoms with van der Waals surface area (Å²) in [7, 11) is 0. The molecule has 0 aromatic heterocycles. The van der Waals surface area contributed by atoms with E-state index < -0.39 is 0 Å². The number of fused-ring (bicyclic) bond motifs is 1. The zero-order chi connectivity index (χ0) is 12.7. The van der Waals surface area contributed by atoms with E-state index in [4.69, 9.17) is 0 Å². The van der Waals surface area contributed by atoms with Crippen LogP contribution in [-0.4, -0.2) is 17.7 Å². The zero-order valence-corrected chi connectivity index (χ0v) is 10.5. The summed E-state index contributed by atoms with van der Waals surface area (Å²) < 4.78 is 0. The van der Waals surface area contributed by atoms with Crippen molar-refractivity contribution in [2.45, 2.75) is 44.6 Å². The largest absolute Gasteiger partial charge is 0.353 e. The van der Waals surface area contributed by atoms with Crippen molar-refractivity contribution in [3.63, 3.8) is 0 Å². The van der Waals surface area contributed by atoms with Gasteiger partial charge in [0.15, 0.2) is 5.78 Å². The van der Waals surface area contributed by atoms with Gasteiger partial charge in [0.1, 0.15) is 0 Å². The molecule has 3 heteroatoms. The van der Waals surface area contributed by atoms with E-state index in [0.717, 1.165) is 29.5 Å². The van der Waals surface area contributed by atoms with Gasteiger partial charge in [-0.25, -0.2) is 0 Å². The van der Waals surface area contributed by atoms with Gasteiger partial charge >= 0.3 is 0 Å². The molecule has 1 N–H and O–H groups in total. The van der Waals surface area contributed by atoms with Crippen LogP contribution in [-0.2, 0) is 4.79 Å². The number of aryl methyl sites for hydroxylation is 1. The highest BCUT2D eigenvalue weighted by atomic mass is 16.1. The number of carbonyl (C=O) groups is 2. The molecule has 1 aromatic rings. The second-order valence-electron chi connectivity index (χ2n) is 5.46. The Kier molecular flexibility index (Phi) is 2.69. The Morgan fingerprint density at radius 1 is 1.39 bits per heavy atom. The summed E-state index contributed by atoms with van der Waals surface area (Å²) in [6.07, 6.45) is 3.13. The average molecular weight is 243 g/mol. The number of hydrogen-bond acceptors (Lipinski definition) is 2. The van der Waals surface area contributed by atoms with Crippen molar-refractivity contribution in [3.05, 3.63) is 34.9 Å². The molecular formula is C15H17NO2. The van der Waals surface area contributed by atoms with Crippen LogP contribution in [0.25, 0.3) is 0 Å². The molecule has 1 amide bonds. The van der Waals surface area contributed by atoms with Crippen molar-refractivity contribution in [2.24, 2.45) is 0 Å². The minimum absolute atomic E-state index is 0.0758. The maximum absolute atomic E-state index is 11.9. The Morgan fingerprint density at radius 2 is 2.17 bits per heavy atom. The summed E-state index contributed by atoms with van der Waals surface area (Å²) in [5.41, 5.74) is 2.97. The molecule has 2 aliphatic rings. The third-order valence-electron chi connectivity index (χ3n) is 3.76. The Labute approximate surface area is 107 Å². The molecule has 3 nitrogen and oxygen atoms in total. The molecule has 94 valence electrons. The molecule has 0 radical (unpaired) electrons. The normalized spacial score (nSPS) is 21.8. The number of ketones is 1. The molecule has 2 aliphatic carbocycles. The average Bonchev–Trinajstić information content (AvgIpc) is 3.06. The maximum atomic E-state index is 11.9. The molecule has 0 heterocycles. The van der Waals surface area contributed by atoms with Gasteiger partial charge in [-0.05, 0) is 31.4 Å². The van der Waals surface area contributed by atoms with Gasteiger partial charge in [-0.15, -0.1) is 0 Å². The predicted octanol–water partition coefficient (Wildman–Crippen LogP) is 2.33. The quantitative estimate of drug-likeness (QED) is 0.885. The Balaban J connectivity index is 1.75. The summed E-state index contributed by atoms with van der Waals surface area (Å²) in [5.74, 6) is 0.341. The zero-order valence-electron chi connectivity index (χ0n) is 10.5. The highest BCUT2D eigenvalue weighted by Crippen LogP contribution is 2.36. The van der Waals surface area contributed by atoms with Crippen molar-refractivity contribution in [1.29, 1.82) is 0 Å². The third-order valence-corrected chi connectivity index (χ3v) is 3.76. The van der Waals surface area contributed by atoms with Crippen molar-refractivity contribution in [1.82, 2.24) is 5.32 Å². The first-order chi connectivity index (χ1) is 8.63. The maximum Gasteiger partial charge on any atom is 0.220 e. The number of Topliss-reactive ketones (excluding diaryl/α,β-unsaturated/α-hetero) is 1. The van der Waals surface area contributed by atoms with E-state index >= 15 is 0 Å². The Bertz CT molecular complexity index is 517. The molecule has 18 heavy (non-hydrogen) atoms. The number of hydrogen-bond donors (Lipinski definition) is 1. The number of rotatable bonds is 3. The van der Waals surface area contributed by atoms with Crippen molar-refractivity contribution in [2.75, 3.05) is 0 Å². The fourth-order valence-electron chi connectivity index (χ4n) is 2.63. The molecule has 1 unspecified atom stereocenters. The fraction of sp³-hybridized carbons (Fsp3) is 0.467. The third kappa shape index (κ3) is 2.17. The summed E-state index contributed by atoms with van der Waals surface area (Å²) >= 11 is 0. The molecule has 0 aliphatic heterocycles. The smallest absolute Gasteiger partial charge is 0.220 e. The molecule has 1 aromatic carbocycles. The molecule has 1 fully saturated rings. The second-order valence-corrected chi connectivity index (χ2v) is 5.46. The Morgan fingerprint density at radius 3 is 2.89 bits per heavy atom. The van der Waals surface area contributed by atoms with E-state index in [1.54, 1.807) is 0 Å². The summed E-state index contributed by atoms with van der Waals surface area (Å²) in [6, 6.07) is 6.36. The lowest BCUT2D eigenvalue weighted by molar-refractivity contribution is -0.121. The highest BCUT2D eigenvalue weighted by molar-refractivity contribution is 6.02. The van der Waals surface area contributed by atoms with Gasteiger partial charge in [0.25, 0.3) is 0 Å². The van der Waals surface area contributed by atoms with Gasteiger partial charge < -0.3 is 5.32 Å². The molecule has 0 bridgehead atoms. The second kappa shape index (κ2) is 4.23. The van der Waals surface area contributed by atoms with Crippen molar-refractivity contribution >= 4 is 11.7 Å². The minimum atomic E-state index is 0.0758. The number of amides is 1. The number of nitrogens with one attached hydrogen (secondary N) is 1.